The minimum absolute atomic E-state index is 0.472. The monoisotopic (exact) mass is 282 g/mol. The first-order valence-corrected chi connectivity index (χ1v) is 7.38. The summed E-state index contributed by atoms with van der Waals surface area (Å²) >= 11 is 7.88. The molecule has 0 aromatic carbocycles. The number of thiophene rings is 1. The highest BCUT2D eigenvalue weighted by atomic mass is 35.5. The van der Waals surface area contributed by atoms with Gasteiger partial charge >= 0.3 is 0 Å². The van der Waals surface area contributed by atoms with Gasteiger partial charge in [-0.2, -0.15) is 5.10 Å². The molecule has 2 aromatic heterocycles. The molecular formula is C12H15ClN4S. The van der Waals surface area contributed by atoms with Gasteiger partial charge in [0.25, 0.3) is 0 Å². The number of hydrogen-bond donors (Lipinski definition) is 1. The van der Waals surface area contributed by atoms with Crippen LogP contribution in [0.25, 0.3) is 0 Å². The van der Waals surface area contributed by atoms with E-state index in [4.69, 9.17) is 11.6 Å². The molecule has 1 aliphatic heterocycles. The lowest BCUT2D eigenvalue weighted by Crippen LogP contribution is -2.34. The summed E-state index contributed by atoms with van der Waals surface area (Å²) < 4.78 is 0. The molecular weight excluding hydrogens is 268 g/mol. The third-order valence-corrected chi connectivity index (χ3v) is 4.76. The van der Waals surface area contributed by atoms with Crippen LogP contribution >= 0.6 is 22.9 Å². The largest absolute Gasteiger partial charge is 0.297 e. The fraction of sp³-hybridized carbons (Fsp3) is 0.500. The van der Waals surface area contributed by atoms with Gasteiger partial charge in [0.05, 0.1) is 5.02 Å². The summed E-state index contributed by atoms with van der Waals surface area (Å²) in [5.74, 6) is 1.48. The van der Waals surface area contributed by atoms with E-state index in [1.165, 1.54) is 17.7 Å². The summed E-state index contributed by atoms with van der Waals surface area (Å²) in [6, 6.07) is 1.97. The Balaban J connectivity index is 1.66. The van der Waals surface area contributed by atoms with Crippen LogP contribution in [-0.2, 0) is 6.54 Å². The average molecular weight is 283 g/mol. The highest BCUT2D eigenvalue weighted by Gasteiger charge is 2.23. The number of piperidine rings is 1. The highest BCUT2D eigenvalue weighted by molar-refractivity contribution is 7.10. The zero-order chi connectivity index (χ0) is 12.4. The number of nitrogens with zero attached hydrogens (tertiary/aromatic N) is 3. The van der Waals surface area contributed by atoms with E-state index < -0.39 is 0 Å². The lowest BCUT2D eigenvalue weighted by atomic mass is 9.97. The van der Waals surface area contributed by atoms with E-state index in [1.807, 2.05) is 6.07 Å². The summed E-state index contributed by atoms with van der Waals surface area (Å²) in [7, 11) is 0. The van der Waals surface area contributed by atoms with Gasteiger partial charge in [0.15, 0.2) is 0 Å². The average Bonchev–Trinajstić information content (AvgIpc) is 3.02. The molecule has 3 heterocycles. The maximum Gasteiger partial charge on any atom is 0.137 e. The molecule has 1 N–H and O–H groups in total. The minimum atomic E-state index is 0.472. The molecule has 2 aromatic rings. The highest BCUT2D eigenvalue weighted by Crippen LogP contribution is 2.28. The van der Waals surface area contributed by atoms with Gasteiger partial charge in [0.2, 0.25) is 0 Å². The maximum absolute atomic E-state index is 6.15. The molecule has 0 spiro atoms. The number of hydrogen-bond acceptors (Lipinski definition) is 4. The standard InChI is InChI=1S/C12H15ClN4S/c13-10-3-5-18-11(10)7-17-4-1-2-9(6-17)12-14-8-15-16-12/h3,5,8-9H,1-2,4,6-7H2,(H,14,15,16)/t9-/m1/s1. The molecule has 0 saturated carbocycles. The first-order chi connectivity index (χ1) is 8.83. The molecule has 0 bridgehead atoms. The third-order valence-electron chi connectivity index (χ3n) is 3.38. The minimum Gasteiger partial charge on any atom is -0.297 e. The molecule has 0 amide bonds. The van der Waals surface area contributed by atoms with Gasteiger partial charge < -0.3 is 0 Å². The Kier molecular flexibility index (Phi) is 3.63. The van der Waals surface area contributed by atoms with Crippen LogP contribution < -0.4 is 0 Å². The van der Waals surface area contributed by atoms with Crippen LogP contribution in [0.5, 0.6) is 0 Å². The van der Waals surface area contributed by atoms with Crippen molar-refractivity contribution >= 4 is 22.9 Å². The smallest absolute Gasteiger partial charge is 0.137 e. The Labute approximate surface area is 115 Å². The molecule has 0 radical (unpaired) electrons. The second-order valence-electron chi connectivity index (χ2n) is 4.64. The second kappa shape index (κ2) is 5.38. The maximum atomic E-state index is 6.15. The molecule has 96 valence electrons. The van der Waals surface area contributed by atoms with E-state index in [1.54, 1.807) is 17.7 Å². The van der Waals surface area contributed by atoms with Crippen LogP contribution in [0.3, 0.4) is 0 Å². The Bertz CT molecular complexity index is 496. The van der Waals surface area contributed by atoms with Gasteiger partial charge in [-0.1, -0.05) is 11.6 Å². The normalized spacial score (nSPS) is 21.3. The van der Waals surface area contributed by atoms with Crippen LogP contribution in [0.15, 0.2) is 17.8 Å². The van der Waals surface area contributed by atoms with Crippen LogP contribution in [0.4, 0.5) is 0 Å². The van der Waals surface area contributed by atoms with Gasteiger partial charge in [-0.25, -0.2) is 4.98 Å². The molecule has 1 fully saturated rings. The third kappa shape index (κ3) is 2.58. The van der Waals surface area contributed by atoms with Crippen LogP contribution in [0, 0.1) is 0 Å². The first-order valence-electron chi connectivity index (χ1n) is 6.12. The van der Waals surface area contributed by atoms with Crippen molar-refractivity contribution in [1.29, 1.82) is 0 Å². The molecule has 6 heteroatoms. The number of nitrogens with one attached hydrogen (secondary N) is 1. The van der Waals surface area contributed by atoms with Crippen molar-refractivity contribution in [1.82, 2.24) is 20.1 Å². The molecule has 0 aliphatic carbocycles. The van der Waals surface area contributed by atoms with Crippen LogP contribution in [0.2, 0.25) is 5.02 Å². The number of halogens is 1. The van der Waals surface area contributed by atoms with Gasteiger partial charge in [-0.05, 0) is 30.8 Å². The fourth-order valence-electron chi connectivity index (χ4n) is 2.47. The van der Waals surface area contributed by atoms with E-state index >= 15 is 0 Å². The lowest BCUT2D eigenvalue weighted by molar-refractivity contribution is 0.198. The SMILES string of the molecule is Clc1ccsc1CN1CCC[C@@H](c2ncn[nH]2)C1. The lowest BCUT2D eigenvalue weighted by Gasteiger charge is -2.31. The number of aromatic amines is 1. The molecule has 1 saturated heterocycles. The van der Waals surface area contributed by atoms with Crippen molar-refractivity contribution < 1.29 is 0 Å². The van der Waals surface area contributed by atoms with Crippen molar-refractivity contribution in [3.8, 4) is 0 Å². The predicted molar refractivity (Wildman–Crippen MR) is 73.0 cm³/mol. The number of likely N-dealkylation sites (tertiary alicyclic amines) is 1. The summed E-state index contributed by atoms with van der Waals surface area (Å²) in [4.78, 5) is 7.98. The zero-order valence-corrected chi connectivity index (χ0v) is 11.5. The second-order valence-corrected chi connectivity index (χ2v) is 6.04. The molecule has 18 heavy (non-hydrogen) atoms. The van der Waals surface area contributed by atoms with Crippen molar-refractivity contribution in [2.75, 3.05) is 13.1 Å². The van der Waals surface area contributed by atoms with Crippen molar-refractivity contribution in [3.05, 3.63) is 33.5 Å². The fourth-order valence-corrected chi connectivity index (χ4v) is 3.61. The first kappa shape index (κ1) is 12.1. The Hall–Kier alpha value is -0.910. The molecule has 0 unspecified atom stereocenters. The molecule has 3 rings (SSSR count). The van der Waals surface area contributed by atoms with E-state index in [9.17, 15) is 0 Å². The van der Waals surface area contributed by atoms with Crippen LogP contribution in [-0.4, -0.2) is 33.2 Å². The van der Waals surface area contributed by atoms with Crippen LogP contribution in [0.1, 0.15) is 29.5 Å². The van der Waals surface area contributed by atoms with Crippen molar-refractivity contribution in [2.24, 2.45) is 0 Å². The summed E-state index contributed by atoms with van der Waals surface area (Å²) in [6.07, 6.45) is 3.97. The van der Waals surface area contributed by atoms with Gasteiger partial charge in [0.1, 0.15) is 12.2 Å². The molecule has 1 aliphatic rings. The van der Waals surface area contributed by atoms with E-state index in [-0.39, 0.29) is 0 Å². The van der Waals surface area contributed by atoms with Crippen molar-refractivity contribution in [3.63, 3.8) is 0 Å². The van der Waals surface area contributed by atoms with E-state index in [2.05, 4.69) is 25.5 Å². The Morgan fingerprint density at radius 2 is 2.50 bits per heavy atom. The number of aromatic nitrogens is 3. The topological polar surface area (TPSA) is 44.8 Å². The van der Waals surface area contributed by atoms with Gasteiger partial charge in [-0.3, -0.25) is 10.00 Å². The molecule has 1 atom stereocenters. The zero-order valence-electron chi connectivity index (χ0n) is 9.97. The van der Waals surface area contributed by atoms with Gasteiger partial charge in [-0.15, -0.1) is 11.3 Å². The Morgan fingerprint density at radius 3 is 3.22 bits per heavy atom. The number of H-pyrrole nitrogens is 1. The van der Waals surface area contributed by atoms with Crippen molar-refractivity contribution in [2.45, 2.75) is 25.3 Å². The Morgan fingerprint density at radius 1 is 1.56 bits per heavy atom. The molecule has 4 nitrogen and oxygen atoms in total. The summed E-state index contributed by atoms with van der Waals surface area (Å²) in [6.45, 7) is 3.11. The predicted octanol–water partition coefficient (Wildman–Crippen LogP) is 2.90. The van der Waals surface area contributed by atoms with Gasteiger partial charge in [0, 0.05) is 23.9 Å². The quantitative estimate of drug-likeness (QED) is 0.941. The number of rotatable bonds is 3. The summed E-state index contributed by atoms with van der Waals surface area (Å²) in [5, 5.41) is 9.87. The van der Waals surface area contributed by atoms with E-state index in [0.29, 0.717) is 5.92 Å². The van der Waals surface area contributed by atoms with E-state index in [0.717, 1.165) is 30.5 Å². The summed E-state index contributed by atoms with van der Waals surface area (Å²) in [5.41, 5.74) is 0.